The van der Waals surface area contributed by atoms with Crippen LogP contribution in [-0.4, -0.2) is 30.0 Å². The maximum absolute atomic E-state index is 12.8. The third-order valence-corrected chi connectivity index (χ3v) is 4.66. The molecule has 29 heavy (non-hydrogen) atoms. The van der Waals surface area contributed by atoms with Crippen molar-refractivity contribution >= 4 is 18.0 Å². The third kappa shape index (κ3) is 4.45. The van der Waals surface area contributed by atoms with E-state index in [2.05, 4.69) is 5.32 Å². The quantitative estimate of drug-likeness (QED) is 0.621. The van der Waals surface area contributed by atoms with E-state index in [-0.39, 0.29) is 6.03 Å². The molecule has 1 heterocycles. The highest BCUT2D eigenvalue weighted by Crippen LogP contribution is 2.32. The summed E-state index contributed by atoms with van der Waals surface area (Å²) >= 11 is 0. The lowest BCUT2D eigenvalue weighted by atomic mass is 9.94. The zero-order chi connectivity index (χ0) is 21.0. The zero-order valence-corrected chi connectivity index (χ0v) is 16.5. The maximum atomic E-state index is 12.8. The van der Waals surface area contributed by atoms with Crippen LogP contribution in [0.1, 0.15) is 31.0 Å². The number of urea groups is 1. The molecule has 0 saturated carbocycles. The Bertz CT molecular complexity index is 951. The Labute approximate surface area is 168 Å². The van der Waals surface area contributed by atoms with Crippen LogP contribution >= 0.6 is 0 Å². The molecule has 1 N–H and O–H groups in total. The summed E-state index contributed by atoms with van der Waals surface area (Å²) in [6.07, 6.45) is 0. The predicted molar refractivity (Wildman–Crippen MR) is 106 cm³/mol. The third-order valence-electron chi connectivity index (χ3n) is 4.66. The summed E-state index contributed by atoms with van der Waals surface area (Å²) in [5.41, 5.74) is 2.49. The Kier molecular flexibility index (Phi) is 5.97. The zero-order valence-electron chi connectivity index (χ0n) is 16.5. The molecular weight excluding hydrogens is 372 g/mol. The molecule has 2 amide bonds. The van der Waals surface area contributed by atoms with Gasteiger partial charge in [0.15, 0.2) is 0 Å². The maximum Gasteiger partial charge on any atom is 0.337 e. The summed E-state index contributed by atoms with van der Waals surface area (Å²) in [5.74, 6) is -0.560. The van der Waals surface area contributed by atoms with Crippen molar-refractivity contribution in [2.24, 2.45) is 0 Å². The Morgan fingerprint density at radius 3 is 2.31 bits per heavy atom. The number of rotatable bonds is 5. The first-order valence-corrected chi connectivity index (χ1v) is 9.10. The fourth-order valence-corrected chi connectivity index (χ4v) is 3.26. The molecule has 0 aromatic heterocycles. The fraction of sp³-hybridized carbons (Fsp3) is 0.227. The molecule has 0 fully saturated rings. The average Bonchev–Trinajstić information content (AvgIpc) is 2.71. The van der Waals surface area contributed by atoms with Gasteiger partial charge in [-0.05, 0) is 30.2 Å². The molecule has 3 rings (SSSR count). The number of carbonyl (C=O) groups excluding carboxylic acids is 3. The first-order valence-electron chi connectivity index (χ1n) is 9.10. The van der Waals surface area contributed by atoms with Crippen molar-refractivity contribution in [2.45, 2.75) is 26.4 Å². The van der Waals surface area contributed by atoms with Gasteiger partial charge in [-0.15, -0.1) is 0 Å². The standard InChI is InChI=1S/C22H22N2O5/c1-14-19(21(26)28-3)20(17-9-11-18(12-10-17)29-15(2)25)23-22(27)24(14)13-16-7-5-4-6-8-16/h4-12,20H,13H2,1-3H3,(H,23,27). The molecule has 1 atom stereocenters. The van der Waals surface area contributed by atoms with Crippen molar-refractivity contribution in [1.29, 1.82) is 0 Å². The number of ether oxygens (including phenoxy) is 2. The van der Waals surface area contributed by atoms with Gasteiger partial charge in [-0.25, -0.2) is 9.59 Å². The second-order valence-electron chi connectivity index (χ2n) is 6.61. The molecule has 2 aromatic carbocycles. The summed E-state index contributed by atoms with van der Waals surface area (Å²) in [6.45, 7) is 3.38. The Balaban J connectivity index is 1.96. The lowest BCUT2D eigenvalue weighted by molar-refractivity contribution is -0.136. The van der Waals surface area contributed by atoms with Gasteiger partial charge in [0.05, 0.1) is 25.3 Å². The van der Waals surface area contributed by atoms with Gasteiger partial charge in [0.2, 0.25) is 0 Å². The van der Waals surface area contributed by atoms with Crippen LogP contribution in [0.3, 0.4) is 0 Å². The number of carbonyl (C=O) groups is 3. The number of nitrogens with zero attached hydrogens (tertiary/aromatic N) is 1. The van der Waals surface area contributed by atoms with Crippen LogP contribution in [0.15, 0.2) is 65.9 Å². The normalized spacial score (nSPS) is 16.3. The van der Waals surface area contributed by atoms with Crippen LogP contribution in [-0.2, 0) is 20.9 Å². The van der Waals surface area contributed by atoms with E-state index in [4.69, 9.17) is 9.47 Å². The molecule has 7 heteroatoms. The minimum absolute atomic E-state index is 0.312. The lowest BCUT2D eigenvalue weighted by Crippen LogP contribution is -2.47. The van der Waals surface area contributed by atoms with Crippen LogP contribution in [0.2, 0.25) is 0 Å². The first kappa shape index (κ1) is 20.1. The van der Waals surface area contributed by atoms with Crippen molar-refractivity contribution in [3.8, 4) is 5.75 Å². The molecule has 2 aromatic rings. The number of benzene rings is 2. The highest BCUT2D eigenvalue weighted by Gasteiger charge is 2.36. The van der Waals surface area contributed by atoms with Crippen LogP contribution in [0.5, 0.6) is 5.75 Å². The van der Waals surface area contributed by atoms with E-state index in [9.17, 15) is 14.4 Å². The van der Waals surface area contributed by atoms with Gasteiger partial charge in [-0.2, -0.15) is 0 Å². The molecule has 1 aliphatic rings. The second-order valence-corrected chi connectivity index (χ2v) is 6.61. The molecule has 1 unspecified atom stereocenters. The number of hydrogen-bond donors (Lipinski definition) is 1. The Hall–Kier alpha value is -3.61. The highest BCUT2D eigenvalue weighted by atomic mass is 16.5. The van der Waals surface area contributed by atoms with E-state index in [1.165, 1.54) is 18.9 Å². The van der Waals surface area contributed by atoms with Crippen molar-refractivity contribution in [3.05, 3.63) is 77.0 Å². The highest BCUT2D eigenvalue weighted by molar-refractivity contribution is 5.95. The Morgan fingerprint density at radius 1 is 1.07 bits per heavy atom. The molecule has 0 saturated heterocycles. The Morgan fingerprint density at radius 2 is 1.72 bits per heavy atom. The summed E-state index contributed by atoms with van der Waals surface area (Å²) < 4.78 is 10.0. The molecule has 1 aliphatic heterocycles. The summed E-state index contributed by atoms with van der Waals surface area (Å²) in [6, 6.07) is 15.2. The minimum atomic E-state index is -0.673. The first-order chi connectivity index (χ1) is 13.9. The van der Waals surface area contributed by atoms with Gasteiger partial charge in [0.1, 0.15) is 5.75 Å². The van der Waals surface area contributed by atoms with E-state index >= 15 is 0 Å². The van der Waals surface area contributed by atoms with E-state index < -0.39 is 18.0 Å². The molecule has 0 aliphatic carbocycles. The van der Waals surface area contributed by atoms with Gasteiger partial charge in [-0.1, -0.05) is 42.5 Å². The molecule has 150 valence electrons. The molecule has 0 spiro atoms. The van der Waals surface area contributed by atoms with Gasteiger partial charge < -0.3 is 14.8 Å². The number of nitrogens with one attached hydrogen (secondary N) is 1. The van der Waals surface area contributed by atoms with Crippen molar-refractivity contribution in [3.63, 3.8) is 0 Å². The van der Waals surface area contributed by atoms with E-state index in [1.54, 1.807) is 31.2 Å². The number of esters is 2. The lowest BCUT2D eigenvalue weighted by Gasteiger charge is -2.35. The van der Waals surface area contributed by atoms with Crippen LogP contribution in [0.25, 0.3) is 0 Å². The summed E-state index contributed by atoms with van der Waals surface area (Å²) in [7, 11) is 1.31. The molecule has 0 bridgehead atoms. The van der Waals surface area contributed by atoms with Gasteiger partial charge in [0.25, 0.3) is 0 Å². The van der Waals surface area contributed by atoms with Crippen LogP contribution in [0, 0.1) is 0 Å². The van der Waals surface area contributed by atoms with E-state index in [0.717, 1.165) is 5.56 Å². The summed E-state index contributed by atoms with van der Waals surface area (Å²) in [5, 5.41) is 2.88. The smallest absolute Gasteiger partial charge is 0.337 e. The van der Waals surface area contributed by atoms with Gasteiger partial charge in [0, 0.05) is 12.6 Å². The van der Waals surface area contributed by atoms with Crippen molar-refractivity contribution < 1.29 is 23.9 Å². The SMILES string of the molecule is COC(=O)C1=C(C)N(Cc2ccccc2)C(=O)NC1c1ccc(OC(C)=O)cc1. The van der Waals surface area contributed by atoms with Gasteiger partial charge in [-0.3, -0.25) is 9.69 Å². The van der Waals surface area contributed by atoms with Crippen molar-refractivity contribution in [2.75, 3.05) is 7.11 Å². The number of amides is 2. The number of methoxy groups -OCH3 is 1. The van der Waals surface area contributed by atoms with Crippen molar-refractivity contribution in [1.82, 2.24) is 10.2 Å². The minimum Gasteiger partial charge on any atom is -0.466 e. The number of allylic oxidation sites excluding steroid dienone is 1. The average molecular weight is 394 g/mol. The number of hydrogen-bond acceptors (Lipinski definition) is 5. The van der Waals surface area contributed by atoms with Crippen LogP contribution in [0.4, 0.5) is 4.79 Å². The molecule has 7 nitrogen and oxygen atoms in total. The monoisotopic (exact) mass is 394 g/mol. The summed E-state index contributed by atoms with van der Waals surface area (Å²) in [4.78, 5) is 38.0. The second kappa shape index (κ2) is 8.60. The van der Waals surface area contributed by atoms with Gasteiger partial charge >= 0.3 is 18.0 Å². The fourth-order valence-electron chi connectivity index (χ4n) is 3.26. The largest absolute Gasteiger partial charge is 0.466 e. The predicted octanol–water partition coefficient (Wildman–Crippen LogP) is 3.33. The van der Waals surface area contributed by atoms with Crippen LogP contribution < -0.4 is 10.1 Å². The topological polar surface area (TPSA) is 84.9 Å². The van der Waals surface area contributed by atoms with E-state index in [1.807, 2.05) is 30.3 Å². The van der Waals surface area contributed by atoms with E-state index in [0.29, 0.717) is 29.1 Å². The molecule has 0 radical (unpaired) electrons. The molecular formula is C22H22N2O5.